The molecule has 1 fully saturated rings. The normalized spacial score (nSPS) is 17.4. The Hall–Kier alpha value is -1.79. The molecule has 108 valence electrons. The summed E-state index contributed by atoms with van der Waals surface area (Å²) in [7, 11) is 0. The predicted molar refractivity (Wildman–Crippen MR) is 68.8 cm³/mol. The number of urea groups is 1. The Morgan fingerprint density at radius 2 is 2.26 bits per heavy atom. The average molecular weight is 271 g/mol. The van der Waals surface area contributed by atoms with Crippen LogP contribution in [0, 0.1) is 0 Å². The highest BCUT2D eigenvalue weighted by molar-refractivity contribution is 5.77. The molecule has 1 aliphatic rings. The van der Waals surface area contributed by atoms with Crippen LogP contribution in [0.1, 0.15) is 27.2 Å². The molecule has 1 atom stereocenters. The van der Waals surface area contributed by atoms with Crippen LogP contribution in [0.2, 0.25) is 0 Å². The molecule has 7 nitrogen and oxygen atoms in total. The molecule has 0 aliphatic carbocycles. The third-order valence-electron chi connectivity index (χ3n) is 2.45. The van der Waals surface area contributed by atoms with E-state index in [-0.39, 0.29) is 12.6 Å². The second kappa shape index (κ2) is 6.40. The highest BCUT2D eigenvalue weighted by Gasteiger charge is 2.24. The number of carbonyl (C=O) groups is 3. The molecule has 19 heavy (non-hydrogen) atoms. The Morgan fingerprint density at radius 1 is 1.58 bits per heavy atom. The van der Waals surface area contributed by atoms with Gasteiger partial charge in [0.05, 0.1) is 0 Å². The van der Waals surface area contributed by atoms with Crippen LogP contribution >= 0.6 is 0 Å². The molecule has 7 heteroatoms. The number of hydrogen-bond donors (Lipinski definition) is 2. The average Bonchev–Trinajstić information content (AvgIpc) is 2.28. The fourth-order valence-corrected chi connectivity index (χ4v) is 1.67. The van der Waals surface area contributed by atoms with Gasteiger partial charge in [0, 0.05) is 19.6 Å². The summed E-state index contributed by atoms with van der Waals surface area (Å²) in [6, 6.07) is -0.984. The minimum absolute atomic E-state index is 0.147. The van der Waals surface area contributed by atoms with Gasteiger partial charge in [-0.1, -0.05) is 0 Å². The lowest BCUT2D eigenvalue weighted by Crippen LogP contribution is -2.53. The van der Waals surface area contributed by atoms with E-state index in [2.05, 4.69) is 10.6 Å². The molecule has 0 bridgehead atoms. The zero-order chi connectivity index (χ0) is 14.5. The number of amides is 3. The van der Waals surface area contributed by atoms with E-state index in [1.807, 2.05) is 0 Å². The van der Waals surface area contributed by atoms with Gasteiger partial charge in [-0.2, -0.15) is 0 Å². The van der Waals surface area contributed by atoms with Crippen molar-refractivity contribution in [1.82, 2.24) is 15.5 Å². The molecule has 1 aliphatic heterocycles. The topological polar surface area (TPSA) is 87.7 Å². The van der Waals surface area contributed by atoms with Gasteiger partial charge < -0.3 is 25.1 Å². The fraction of sp³-hybridized carbons (Fsp3) is 0.750. The standard InChI is InChI=1S/C12H21N3O4/c1-12(2,3)19-11(18)14-9(8-16)7-15-6-4-5-13-10(15)17/h8-9H,4-7H2,1-3H3,(H,13,17)(H,14,18)/t9-/m0/s1. The molecule has 0 unspecified atom stereocenters. The van der Waals surface area contributed by atoms with Crippen molar-refractivity contribution in [2.24, 2.45) is 0 Å². The number of ether oxygens (including phenoxy) is 1. The maximum absolute atomic E-state index is 11.5. The van der Waals surface area contributed by atoms with Crippen molar-refractivity contribution in [2.75, 3.05) is 19.6 Å². The summed E-state index contributed by atoms with van der Waals surface area (Å²) in [6.45, 7) is 6.57. The monoisotopic (exact) mass is 271 g/mol. The van der Waals surface area contributed by atoms with Crippen molar-refractivity contribution in [1.29, 1.82) is 0 Å². The summed E-state index contributed by atoms with van der Waals surface area (Å²) in [5, 5.41) is 5.12. The van der Waals surface area contributed by atoms with Crippen molar-refractivity contribution in [3.05, 3.63) is 0 Å². The minimum atomic E-state index is -0.765. The Bertz CT molecular complexity index is 351. The van der Waals surface area contributed by atoms with Gasteiger partial charge >= 0.3 is 12.1 Å². The lowest BCUT2D eigenvalue weighted by Gasteiger charge is -2.30. The maximum Gasteiger partial charge on any atom is 0.408 e. The number of alkyl carbamates (subject to hydrolysis) is 1. The maximum atomic E-state index is 11.5. The molecule has 1 saturated heterocycles. The quantitative estimate of drug-likeness (QED) is 0.729. The summed E-state index contributed by atoms with van der Waals surface area (Å²) in [4.78, 5) is 35.5. The van der Waals surface area contributed by atoms with Crippen LogP contribution < -0.4 is 10.6 Å². The van der Waals surface area contributed by atoms with Gasteiger partial charge in [0.2, 0.25) is 0 Å². The van der Waals surface area contributed by atoms with E-state index < -0.39 is 17.7 Å². The number of carbonyl (C=O) groups excluding carboxylic acids is 3. The molecule has 0 saturated carbocycles. The van der Waals surface area contributed by atoms with Crippen LogP contribution in [0.4, 0.5) is 9.59 Å². The molecule has 3 amide bonds. The third kappa shape index (κ3) is 5.58. The van der Waals surface area contributed by atoms with Crippen LogP contribution in [0.3, 0.4) is 0 Å². The van der Waals surface area contributed by atoms with Crippen LogP contribution in [0.5, 0.6) is 0 Å². The summed E-state index contributed by atoms with van der Waals surface area (Å²) in [5.74, 6) is 0. The first kappa shape index (κ1) is 15.3. The summed E-state index contributed by atoms with van der Waals surface area (Å²) < 4.78 is 5.06. The first-order valence-electron chi connectivity index (χ1n) is 6.29. The lowest BCUT2D eigenvalue weighted by atomic mass is 10.2. The molecule has 0 aromatic carbocycles. The highest BCUT2D eigenvalue weighted by Crippen LogP contribution is 2.07. The SMILES string of the molecule is CC(C)(C)OC(=O)N[C@H](C=O)CN1CCCNC1=O. The van der Waals surface area contributed by atoms with Crippen molar-refractivity contribution in [3.63, 3.8) is 0 Å². The Balaban J connectivity index is 2.47. The summed E-state index contributed by atoms with van der Waals surface area (Å²) >= 11 is 0. The Morgan fingerprint density at radius 3 is 2.79 bits per heavy atom. The number of nitrogens with one attached hydrogen (secondary N) is 2. The predicted octanol–water partition coefficient (Wildman–Crippen LogP) is 0.494. The number of hydrogen-bond acceptors (Lipinski definition) is 4. The molecule has 1 rings (SSSR count). The van der Waals surface area contributed by atoms with Crippen LogP contribution in [0.25, 0.3) is 0 Å². The van der Waals surface area contributed by atoms with E-state index in [4.69, 9.17) is 4.74 Å². The first-order chi connectivity index (χ1) is 8.81. The summed E-state index contributed by atoms with van der Waals surface area (Å²) in [5.41, 5.74) is -0.625. The third-order valence-corrected chi connectivity index (χ3v) is 2.45. The van der Waals surface area contributed by atoms with E-state index in [1.54, 1.807) is 20.8 Å². The Kier molecular flexibility index (Phi) is 5.14. The minimum Gasteiger partial charge on any atom is -0.444 e. The molecular weight excluding hydrogens is 250 g/mol. The van der Waals surface area contributed by atoms with E-state index in [1.165, 1.54) is 4.90 Å². The molecule has 0 aromatic heterocycles. The van der Waals surface area contributed by atoms with Gasteiger partial charge in [0.25, 0.3) is 0 Å². The molecule has 0 aromatic rings. The van der Waals surface area contributed by atoms with Gasteiger partial charge in [-0.05, 0) is 27.2 Å². The first-order valence-corrected chi connectivity index (χ1v) is 6.29. The van der Waals surface area contributed by atoms with Crippen molar-refractivity contribution >= 4 is 18.4 Å². The van der Waals surface area contributed by atoms with Gasteiger partial charge in [-0.3, -0.25) is 0 Å². The molecule has 2 N–H and O–H groups in total. The van der Waals surface area contributed by atoms with Gasteiger partial charge in [-0.25, -0.2) is 9.59 Å². The fourth-order valence-electron chi connectivity index (χ4n) is 1.67. The number of rotatable bonds is 4. The van der Waals surface area contributed by atoms with Crippen molar-refractivity contribution in [3.8, 4) is 0 Å². The second-order valence-electron chi connectivity index (χ2n) is 5.42. The van der Waals surface area contributed by atoms with Gasteiger partial charge in [0.1, 0.15) is 17.9 Å². The van der Waals surface area contributed by atoms with E-state index >= 15 is 0 Å². The van der Waals surface area contributed by atoms with Crippen LogP contribution in [-0.4, -0.2) is 54.6 Å². The van der Waals surface area contributed by atoms with E-state index in [0.717, 1.165) is 6.42 Å². The van der Waals surface area contributed by atoms with E-state index in [9.17, 15) is 14.4 Å². The van der Waals surface area contributed by atoms with Crippen LogP contribution in [-0.2, 0) is 9.53 Å². The Labute approximate surface area is 112 Å². The molecule has 0 spiro atoms. The molecule has 1 heterocycles. The van der Waals surface area contributed by atoms with Gasteiger partial charge in [0.15, 0.2) is 0 Å². The molecular formula is C12H21N3O4. The number of nitrogens with zero attached hydrogens (tertiary/aromatic N) is 1. The highest BCUT2D eigenvalue weighted by atomic mass is 16.6. The second-order valence-corrected chi connectivity index (χ2v) is 5.42. The van der Waals surface area contributed by atoms with E-state index in [0.29, 0.717) is 19.4 Å². The van der Waals surface area contributed by atoms with Gasteiger partial charge in [-0.15, -0.1) is 0 Å². The number of aldehydes is 1. The van der Waals surface area contributed by atoms with Crippen LogP contribution in [0.15, 0.2) is 0 Å². The summed E-state index contributed by atoms with van der Waals surface area (Å²) in [6.07, 6.45) is 0.761. The zero-order valence-corrected chi connectivity index (χ0v) is 11.6. The van der Waals surface area contributed by atoms with Crippen molar-refractivity contribution < 1.29 is 19.1 Å². The lowest BCUT2D eigenvalue weighted by molar-refractivity contribution is -0.109. The largest absolute Gasteiger partial charge is 0.444 e. The molecule has 0 radical (unpaired) electrons. The van der Waals surface area contributed by atoms with Crippen molar-refractivity contribution in [2.45, 2.75) is 38.8 Å². The smallest absolute Gasteiger partial charge is 0.408 e. The zero-order valence-electron chi connectivity index (χ0n) is 11.6.